The number of benzene rings is 2. The van der Waals surface area contributed by atoms with Gasteiger partial charge >= 0.3 is 5.97 Å². The van der Waals surface area contributed by atoms with Crippen molar-refractivity contribution in [1.29, 1.82) is 0 Å². The summed E-state index contributed by atoms with van der Waals surface area (Å²) in [6, 6.07) is 10.6. The Morgan fingerprint density at radius 3 is 2.38 bits per heavy atom. The van der Waals surface area contributed by atoms with Crippen LogP contribution in [0, 0.1) is 5.82 Å². The lowest BCUT2D eigenvalue weighted by Gasteiger charge is -2.44. The van der Waals surface area contributed by atoms with Crippen LogP contribution < -0.4 is 4.74 Å². The molecule has 1 aliphatic rings. The van der Waals surface area contributed by atoms with Gasteiger partial charge in [-0.2, -0.15) is 0 Å². The van der Waals surface area contributed by atoms with Crippen molar-refractivity contribution in [2.75, 3.05) is 19.7 Å². The van der Waals surface area contributed by atoms with Crippen molar-refractivity contribution in [3.05, 3.63) is 65.0 Å². The second-order valence-electron chi connectivity index (χ2n) is 8.16. The molecule has 8 heteroatoms. The summed E-state index contributed by atoms with van der Waals surface area (Å²) in [6.45, 7) is 6.84. The predicted molar refractivity (Wildman–Crippen MR) is 116 cm³/mol. The van der Waals surface area contributed by atoms with Crippen molar-refractivity contribution in [2.45, 2.75) is 39.4 Å². The zero-order chi connectivity index (χ0) is 23.4. The van der Waals surface area contributed by atoms with E-state index in [1.165, 1.54) is 37.3 Å². The molecule has 0 saturated carbocycles. The molecule has 32 heavy (non-hydrogen) atoms. The molecule has 1 heterocycles. The number of carbonyl (C=O) groups is 3. The minimum atomic E-state index is -1.23. The SMILES string of the molecule is CC(=O)c1ccc(OCC(=O)N2C[C@H](C)N(Cc3ccc(F)cc3)C[C@H]2C)c(C(=O)O)c1. The fourth-order valence-corrected chi connectivity index (χ4v) is 3.85. The summed E-state index contributed by atoms with van der Waals surface area (Å²) in [5.41, 5.74) is 1.11. The molecule has 2 aromatic carbocycles. The van der Waals surface area contributed by atoms with Crippen molar-refractivity contribution in [2.24, 2.45) is 0 Å². The van der Waals surface area contributed by atoms with Gasteiger partial charge in [0, 0.05) is 37.3 Å². The van der Waals surface area contributed by atoms with Gasteiger partial charge in [-0.3, -0.25) is 14.5 Å². The van der Waals surface area contributed by atoms with Gasteiger partial charge in [0.05, 0.1) is 0 Å². The number of halogens is 1. The molecular formula is C24H27FN2O5. The molecule has 0 radical (unpaired) electrons. The summed E-state index contributed by atoms with van der Waals surface area (Å²) >= 11 is 0. The number of carbonyl (C=O) groups excluding carboxylic acids is 2. The number of hydrogen-bond donors (Lipinski definition) is 1. The Morgan fingerprint density at radius 1 is 1.06 bits per heavy atom. The predicted octanol–water partition coefficient (Wildman–Crippen LogP) is 3.23. The molecule has 0 bridgehead atoms. The van der Waals surface area contributed by atoms with Gasteiger partial charge in [0.1, 0.15) is 17.1 Å². The van der Waals surface area contributed by atoms with Crippen LogP contribution in [-0.2, 0) is 11.3 Å². The van der Waals surface area contributed by atoms with Gasteiger partial charge in [-0.05, 0) is 56.7 Å². The van der Waals surface area contributed by atoms with Crippen LogP contribution in [0.1, 0.15) is 47.1 Å². The largest absolute Gasteiger partial charge is 0.483 e. The first kappa shape index (κ1) is 23.4. The van der Waals surface area contributed by atoms with Crippen LogP contribution in [0.4, 0.5) is 4.39 Å². The number of aromatic carboxylic acids is 1. The van der Waals surface area contributed by atoms with Gasteiger partial charge < -0.3 is 14.7 Å². The topological polar surface area (TPSA) is 87.2 Å². The van der Waals surface area contributed by atoms with Crippen molar-refractivity contribution < 1.29 is 28.6 Å². The minimum absolute atomic E-state index is 0.0477. The summed E-state index contributed by atoms with van der Waals surface area (Å²) in [6.07, 6.45) is 0. The van der Waals surface area contributed by atoms with Gasteiger partial charge in [0.15, 0.2) is 12.4 Å². The minimum Gasteiger partial charge on any atom is -0.483 e. The molecule has 1 fully saturated rings. The summed E-state index contributed by atoms with van der Waals surface area (Å²) in [5, 5.41) is 9.42. The smallest absolute Gasteiger partial charge is 0.339 e. The van der Waals surface area contributed by atoms with Crippen LogP contribution in [-0.4, -0.2) is 64.3 Å². The highest BCUT2D eigenvalue weighted by Gasteiger charge is 2.32. The maximum atomic E-state index is 13.1. The molecule has 1 N–H and O–H groups in total. The third kappa shape index (κ3) is 5.50. The van der Waals surface area contributed by atoms with Crippen molar-refractivity contribution in [3.63, 3.8) is 0 Å². The molecular weight excluding hydrogens is 415 g/mol. The average molecular weight is 442 g/mol. The highest BCUT2D eigenvalue weighted by Crippen LogP contribution is 2.22. The van der Waals surface area contributed by atoms with Gasteiger partial charge in [-0.1, -0.05) is 12.1 Å². The van der Waals surface area contributed by atoms with Crippen LogP contribution in [0.25, 0.3) is 0 Å². The number of Topliss-reactive ketones (excluding diaryl/α,β-unsaturated/α-hetero) is 1. The summed E-state index contributed by atoms with van der Waals surface area (Å²) < 4.78 is 18.7. The molecule has 1 saturated heterocycles. The number of hydrogen-bond acceptors (Lipinski definition) is 5. The third-order valence-corrected chi connectivity index (χ3v) is 5.70. The van der Waals surface area contributed by atoms with E-state index in [1.54, 1.807) is 17.0 Å². The second-order valence-corrected chi connectivity index (χ2v) is 8.16. The van der Waals surface area contributed by atoms with E-state index in [0.717, 1.165) is 5.56 Å². The molecule has 2 atom stereocenters. The Kier molecular flexibility index (Phi) is 7.25. The molecule has 2 aromatic rings. The average Bonchev–Trinajstić information content (AvgIpc) is 2.75. The van der Waals surface area contributed by atoms with Gasteiger partial charge in [0.25, 0.3) is 5.91 Å². The van der Waals surface area contributed by atoms with E-state index in [2.05, 4.69) is 4.90 Å². The molecule has 3 rings (SSSR count). The van der Waals surface area contributed by atoms with Crippen molar-refractivity contribution in [1.82, 2.24) is 9.80 Å². The van der Waals surface area contributed by atoms with E-state index >= 15 is 0 Å². The molecule has 170 valence electrons. The number of amides is 1. The molecule has 1 amide bonds. The lowest BCUT2D eigenvalue weighted by atomic mass is 10.1. The second kappa shape index (κ2) is 9.91. The first-order valence-electron chi connectivity index (χ1n) is 10.4. The zero-order valence-corrected chi connectivity index (χ0v) is 18.4. The first-order chi connectivity index (χ1) is 15.2. The van der Waals surface area contributed by atoms with Crippen LogP contribution in [0.15, 0.2) is 42.5 Å². The maximum Gasteiger partial charge on any atom is 0.339 e. The summed E-state index contributed by atoms with van der Waals surface area (Å²) in [4.78, 5) is 39.8. The molecule has 0 spiro atoms. The van der Waals surface area contributed by atoms with Gasteiger partial charge in [-0.25, -0.2) is 9.18 Å². The lowest BCUT2D eigenvalue weighted by Crippen LogP contribution is -2.58. The standard InChI is InChI=1S/C24H27FN2O5/c1-15-12-27(16(2)11-26(15)13-18-4-7-20(25)8-5-18)23(29)14-32-22-9-6-19(17(3)28)10-21(22)24(30)31/h4-10,15-16H,11-14H2,1-3H3,(H,30,31)/t15-,16+/m0/s1. The number of piperazine rings is 1. The Bertz CT molecular complexity index is 1010. The van der Waals surface area contributed by atoms with E-state index in [1.807, 2.05) is 13.8 Å². The normalized spacial score (nSPS) is 18.9. The van der Waals surface area contributed by atoms with Crippen LogP contribution in [0.5, 0.6) is 5.75 Å². The molecule has 0 aromatic heterocycles. The van der Waals surface area contributed by atoms with E-state index in [9.17, 15) is 23.9 Å². The van der Waals surface area contributed by atoms with Crippen molar-refractivity contribution >= 4 is 17.7 Å². The molecule has 1 aliphatic heterocycles. The van der Waals surface area contributed by atoms with Gasteiger partial charge in [-0.15, -0.1) is 0 Å². The highest BCUT2D eigenvalue weighted by atomic mass is 19.1. The van der Waals surface area contributed by atoms with E-state index < -0.39 is 5.97 Å². The monoisotopic (exact) mass is 442 g/mol. The Labute approximate surface area is 186 Å². The lowest BCUT2D eigenvalue weighted by molar-refractivity contribution is -0.139. The fourth-order valence-electron chi connectivity index (χ4n) is 3.85. The number of rotatable bonds is 7. The Balaban J connectivity index is 1.62. The maximum absolute atomic E-state index is 13.1. The number of ether oxygens (including phenoxy) is 1. The Hall–Kier alpha value is -3.26. The fraction of sp³-hybridized carbons (Fsp3) is 0.375. The van der Waals surface area contributed by atoms with E-state index in [-0.39, 0.29) is 53.1 Å². The van der Waals surface area contributed by atoms with E-state index in [4.69, 9.17) is 4.74 Å². The first-order valence-corrected chi connectivity index (χ1v) is 10.4. The van der Waals surface area contributed by atoms with E-state index in [0.29, 0.717) is 19.6 Å². The van der Waals surface area contributed by atoms with Crippen LogP contribution in [0.2, 0.25) is 0 Å². The highest BCUT2D eigenvalue weighted by molar-refractivity contribution is 5.98. The zero-order valence-electron chi connectivity index (χ0n) is 18.4. The quantitative estimate of drug-likeness (QED) is 0.663. The number of nitrogens with zero attached hydrogens (tertiary/aromatic N) is 2. The summed E-state index contributed by atoms with van der Waals surface area (Å²) in [5.74, 6) is -1.94. The number of carboxylic acids is 1. The molecule has 0 aliphatic carbocycles. The van der Waals surface area contributed by atoms with Gasteiger partial charge in [0.2, 0.25) is 0 Å². The summed E-state index contributed by atoms with van der Waals surface area (Å²) in [7, 11) is 0. The third-order valence-electron chi connectivity index (χ3n) is 5.70. The molecule has 7 nitrogen and oxygen atoms in total. The van der Waals surface area contributed by atoms with Crippen LogP contribution >= 0.6 is 0 Å². The Morgan fingerprint density at radius 2 is 1.75 bits per heavy atom. The van der Waals surface area contributed by atoms with Crippen LogP contribution in [0.3, 0.4) is 0 Å². The van der Waals surface area contributed by atoms with Crippen molar-refractivity contribution in [3.8, 4) is 5.75 Å². The number of ketones is 1. The number of carboxylic acid groups (broad SMARTS) is 1. The molecule has 0 unspecified atom stereocenters.